The van der Waals surface area contributed by atoms with Crippen molar-refractivity contribution in [1.29, 1.82) is 0 Å². The van der Waals surface area contributed by atoms with Crippen molar-refractivity contribution >= 4 is 22.4 Å². The van der Waals surface area contributed by atoms with Crippen LogP contribution in [-0.2, 0) is 11.2 Å². The van der Waals surface area contributed by atoms with E-state index in [1.807, 2.05) is 6.92 Å². The molecule has 0 spiro atoms. The zero-order valence-electron chi connectivity index (χ0n) is 11.7. The highest BCUT2D eigenvalue weighted by Crippen LogP contribution is 2.50. The molecule has 0 amide bonds. The fraction of sp³-hybridized carbons (Fsp3) is 0.667. The molecule has 0 saturated carbocycles. The van der Waals surface area contributed by atoms with Gasteiger partial charge in [-0.3, -0.25) is 9.11 Å². The van der Waals surface area contributed by atoms with Crippen LogP contribution in [0.3, 0.4) is 0 Å². The molecule has 1 fully saturated rings. The second-order valence-electron chi connectivity index (χ2n) is 4.84. The van der Waals surface area contributed by atoms with E-state index in [0.29, 0.717) is 29.9 Å². The third kappa shape index (κ3) is 2.77. The molecule has 1 aromatic heterocycles. The molecule has 0 radical (unpaired) electrons. The van der Waals surface area contributed by atoms with E-state index in [9.17, 15) is 13.9 Å². The minimum absolute atomic E-state index is 0.173. The largest absolute Gasteiger partial charge is 0.462 e. The summed E-state index contributed by atoms with van der Waals surface area (Å²) in [5.41, 5.74) is 6.92. The highest BCUT2D eigenvalue weighted by Gasteiger charge is 2.33. The molecule has 1 atom stereocenters. The number of anilines is 1. The summed E-state index contributed by atoms with van der Waals surface area (Å²) in [5.74, 6) is 0.373. The Hall–Kier alpha value is -1.25. The smallest absolute Gasteiger partial charge is 0.343 e. The van der Waals surface area contributed by atoms with Gasteiger partial charge in [-0.1, -0.05) is 6.92 Å². The molecule has 0 bridgehead atoms. The van der Waals surface area contributed by atoms with Crippen LogP contribution < -0.4 is 5.73 Å². The van der Waals surface area contributed by atoms with Crippen LogP contribution in [0.5, 0.6) is 0 Å². The number of esters is 1. The lowest BCUT2D eigenvalue weighted by Gasteiger charge is -2.26. The summed E-state index contributed by atoms with van der Waals surface area (Å²) in [5, 5.41) is 4.36. The number of ether oxygens (including phenoxy) is 1. The van der Waals surface area contributed by atoms with Crippen molar-refractivity contribution in [2.24, 2.45) is 0 Å². The number of carbonyl (C=O) groups excluding carboxylic acids is 1. The number of hydrogen-bond donors (Lipinski definition) is 3. The predicted octanol–water partition coefficient (Wildman–Crippen LogP) is 1.90. The van der Waals surface area contributed by atoms with Gasteiger partial charge >= 0.3 is 5.97 Å². The Balaban J connectivity index is 2.34. The minimum atomic E-state index is -2.53. The van der Waals surface area contributed by atoms with Crippen LogP contribution in [0.1, 0.15) is 42.4 Å². The van der Waals surface area contributed by atoms with Gasteiger partial charge in [0, 0.05) is 5.75 Å². The monoisotopic (exact) mass is 303 g/mol. The van der Waals surface area contributed by atoms with Crippen LogP contribution in [0, 0.1) is 0 Å². The second-order valence-corrected chi connectivity index (χ2v) is 7.19. The summed E-state index contributed by atoms with van der Waals surface area (Å²) in [7, 11) is -2.53. The van der Waals surface area contributed by atoms with Gasteiger partial charge in [0.1, 0.15) is 11.4 Å². The van der Waals surface area contributed by atoms with Crippen LogP contribution in [0.15, 0.2) is 0 Å². The van der Waals surface area contributed by atoms with Gasteiger partial charge in [-0.25, -0.2) is 9.48 Å². The Morgan fingerprint density at radius 2 is 2.25 bits per heavy atom. The van der Waals surface area contributed by atoms with E-state index >= 15 is 0 Å². The standard InChI is InChI=1S/C12H21N3O4S/c1-3-9-10(12(16)19-4-2)11(13)15(14-9)8-5-6-20(17,18)7-8/h8,17-18H,3-7,13H2,1-2H3. The average molecular weight is 303 g/mol. The van der Waals surface area contributed by atoms with Crippen molar-refractivity contribution in [3.8, 4) is 0 Å². The first kappa shape index (κ1) is 15.1. The quantitative estimate of drug-likeness (QED) is 0.733. The van der Waals surface area contributed by atoms with Crippen LogP contribution >= 0.6 is 10.6 Å². The van der Waals surface area contributed by atoms with E-state index in [4.69, 9.17) is 10.5 Å². The maximum Gasteiger partial charge on any atom is 0.343 e. The molecule has 114 valence electrons. The molecule has 1 saturated heterocycles. The molecule has 8 heteroatoms. The van der Waals surface area contributed by atoms with Crippen LogP contribution in [0.4, 0.5) is 5.82 Å². The number of aromatic nitrogens is 2. The molecule has 1 aromatic rings. The second kappa shape index (κ2) is 5.63. The zero-order chi connectivity index (χ0) is 14.9. The van der Waals surface area contributed by atoms with Crippen molar-refractivity contribution < 1.29 is 18.6 Å². The fourth-order valence-corrected chi connectivity index (χ4v) is 4.18. The topological polar surface area (TPSA) is 111 Å². The lowest BCUT2D eigenvalue weighted by atomic mass is 10.2. The van der Waals surface area contributed by atoms with E-state index < -0.39 is 16.6 Å². The summed E-state index contributed by atoms with van der Waals surface area (Å²) < 4.78 is 26.0. The summed E-state index contributed by atoms with van der Waals surface area (Å²) in [6, 6.07) is -0.173. The number of nitrogens with two attached hydrogens (primary N) is 1. The lowest BCUT2D eigenvalue weighted by Crippen LogP contribution is -2.15. The van der Waals surface area contributed by atoms with Crippen molar-refractivity contribution in [2.75, 3.05) is 23.8 Å². The maximum absolute atomic E-state index is 12.0. The molecular weight excluding hydrogens is 282 g/mol. The molecule has 2 heterocycles. The minimum Gasteiger partial charge on any atom is -0.462 e. The van der Waals surface area contributed by atoms with Gasteiger partial charge in [-0.15, -0.1) is 0 Å². The van der Waals surface area contributed by atoms with Gasteiger partial charge in [-0.2, -0.15) is 15.7 Å². The van der Waals surface area contributed by atoms with Gasteiger partial charge in [0.2, 0.25) is 0 Å². The molecule has 1 aliphatic rings. The van der Waals surface area contributed by atoms with Crippen molar-refractivity contribution in [3.63, 3.8) is 0 Å². The highest BCUT2D eigenvalue weighted by molar-refractivity contribution is 8.24. The van der Waals surface area contributed by atoms with E-state index in [1.165, 1.54) is 0 Å². The number of aryl methyl sites for hydroxylation is 1. The maximum atomic E-state index is 12.0. The van der Waals surface area contributed by atoms with Crippen molar-refractivity contribution in [3.05, 3.63) is 11.3 Å². The van der Waals surface area contributed by atoms with Gasteiger partial charge in [-0.05, 0) is 19.8 Å². The molecule has 4 N–H and O–H groups in total. The van der Waals surface area contributed by atoms with E-state index in [0.717, 1.165) is 0 Å². The lowest BCUT2D eigenvalue weighted by molar-refractivity contribution is 0.0526. The molecule has 7 nitrogen and oxygen atoms in total. The van der Waals surface area contributed by atoms with Gasteiger partial charge < -0.3 is 10.5 Å². The van der Waals surface area contributed by atoms with E-state index in [2.05, 4.69) is 5.10 Å². The third-order valence-corrected chi connectivity index (χ3v) is 5.23. The zero-order valence-corrected chi connectivity index (χ0v) is 12.5. The molecule has 1 aliphatic heterocycles. The molecule has 1 unspecified atom stereocenters. The number of carbonyl (C=O) groups is 1. The normalized spacial score (nSPS) is 22.7. The Morgan fingerprint density at radius 3 is 2.75 bits per heavy atom. The molecule has 0 aromatic carbocycles. The Kier molecular flexibility index (Phi) is 4.26. The van der Waals surface area contributed by atoms with Gasteiger partial charge in [0.15, 0.2) is 0 Å². The first-order valence-corrected chi connectivity index (χ1v) is 8.55. The first-order valence-electron chi connectivity index (χ1n) is 6.67. The SMILES string of the molecule is CCOC(=O)c1c(CC)nn(C2CCS(O)(O)C2)c1N. The number of hydrogen-bond acceptors (Lipinski definition) is 6. The van der Waals surface area contributed by atoms with Crippen LogP contribution in [0.25, 0.3) is 0 Å². The van der Waals surface area contributed by atoms with Crippen molar-refractivity contribution in [1.82, 2.24) is 9.78 Å². The van der Waals surface area contributed by atoms with Gasteiger partial charge in [0.25, 0.3) is 0 Å². The van der Waals surface area contributed by atoms with Crippen molar-refractivity contribution in [2.45, 2.75) is 32.7 Å². The highest BCUT2D eigenvalue weighted by atomic mass is 32.3. The first-order chi connectivity index (χ1) is 9.39. The molecule has 20 heavy (non-hydrogen) atoms. The summed E-state index contributed by atoms with van der Waals surface area (Å²) in [6.45, 7) is 3.89. The summed E-state index contributed by atoms with van der Waals surface area (Å²) >= 11 is 0. The Labute approximate surface area is 119 Å². The van der Waals surface area contributed by atoms with E-state index in [1.54, 1.807) is 11.6 Å². The average Bonchev–Trinajstić information content (AvgIpc) is 2.89. The van der Waals surface area contributed by atoms with E-state index in [-0.39, 0.29) is 24.2 Å². The number of rotatable bonds is 4. The van der Waals surface area contributed by atoms with Gasteiger partial charge in [0.05, 0.1) is 24.1 Å². The Morgan fingerprint density at radius 1 is 1.55 bits per heavy atom. The van der Waals surface area contributed by atoms with Crippen LogP contribution in [0.2, 0.25) is 0 Å². The predicted molar refractivity (Wildman–Crippen MR) is 78.2 cm³/mol. The molecule has 0 aliphatic carbocycles. The number of nitrogens with zero attached hydrogens (tertiary/aromatic N) is 2. The molecule has 2 rings (SSSR count). The number of nitrogen functional groups attached to an aromatic ring is 1. The molecular formula is C12H21N3O4S. The fourth-order valence-electron chi connectivity index (χ4n) is 2.44. The Bertz CT molecular complexity index is 515. The summed E-state index contributed by atoms with van der Waals surface area (Å²) in [4.78, 5) is 12.0. The third-order valence-electron chi connectivity index (χ3n) is 3.42. The van der Waals surface area contributed by atoms with Crippen LogP contribution in [-0.4, -0.2) is 43.0 Å². The summed E-state index contributed by atoms with van der Waals surface area (Å²) in [6.07, 6.45) is 1.16.